The van der Waals surface area contributed by atoms with Gasteiger partial charge in [0.25, 0.3) is 5.91 Å². The van der Waals surface area contributed by atoms with Crippen LogP contribution in [0.3, 0.4) is 0 Å². The first kappa shape index (κ1) is 18.7. The van der Waals surface area contributed by atoms with Crippen molar-refractivity contribution >= 4 is 11.8 Å². The Morgan fingerprint density at radius 2 is 2.18 bits per heavy atom. The van der Waals surface area contributed by atoms with Gasteiger partial charge in [-0.1, -0.05) is 13.0 Å². The second-order valence-corrected chi connectivity index (χ2v) is 7.54. The number of likely N-dealkylation sites (tertiary alicyclic amines) is 2. The molecular formula is C21H26N4O3. The predicted octanol–water partition coefficient (Wildman–Crippen LogP) is 2.33. The summed E-state index contributed by atoms with van der Waals surface area (Å²) in [4.78, 5) is 37.8. The van der Waals surface area contributed by atoms with Gasteiger partial charge >= 0.3 is 0 Å². The zero-order valence-corrected chi connectivity index (χ0v) is 16.2. The average Bonchev–Trinajstić information content (AvgIpc) is 3.22. The van der Waals surface area contributed by atoms with Crippen LogP contribution in [-0.2, 0) is 17.6 Å². The van der Waals surface area contributed by atoms with Crippen LogP contribution in [0, 0.1) is 5.92 Å². The molecule has 2 aliphatic rings. The first-order valence-electron chi connectivity index (χ1n) is 10.1. The number of fused-ring (bicyclic) bond motifs is 1. The number of aryl methyl sites for hydroxylation is 1. The van der Waals surface area contributed by atoms with Gasteiger partial charge in [0, 0.05) is 56.8 Å². The predicted molar refractivity (Wildman–Crippen MR) is 103 cm³/mol. The maximum Gasteiger partial charge on any atom is 0.276 e. The van der Waals surface area contributed by atoms with E-state index in [2.05, 4.69) is 9.97 Å². The molecule has 2 amide bonds. The molecule has 0 aliphatic carbocycles. The molecule has 0 saturated carbocycles. The molecule has 2 aliphatic heterocycles. The normalized spacial score (nSPS) is 22.2. The van der Waals surface area contributed by atoms with Crippen LogP contribution in [-0.4, -0.2) is 57.3 Å². The van der Waals surface area contributed by atoms with E-state index in [0.29, 0.717) is 49.8 Å². The maximum absolute atomic E-state index is 12.9. The summed E-state index contributed by atoms with van der Waals surface area (Å²) < 4.78 is 5.32. The zero-order chi connectivity index (χ0) is 19.5. The molecule has 4 heterocycles. The van der Waals surface area contributed by atoms with Gasteiger partial charge in [-0.05, 0) is 30.9 Å². The summed E-state index contributed by atoms with van der Waals surface area (Å²) in [7, 11) is 0. The Balaban J connectivity index is 1.42. The zero-order valence-electron chi connectivity index (χ0n) is 16.2. The molecule has 2 aromatic heterocycles. The molecule has 4 rings (SSSR count). The van der Waals surface area contributed by atoms with Gasteiger partial charge in [0.2, 0.25) is 5.91 Å². The molecule has 0 bridgehead atoms. The van der Waals surface area contributed by atoms with Gasteiger partial charge in [-0.3, -0.25) is 14.6 Å². The van der Waals surface area contributed by atoms with Crippen molar-refractivity contribution in [2.24, 2.45) is 5.92 Å². The Kier molecular flexibility index (Phi) is 5.41. The fraction of sp³-hybridized carbons (Fsp3) is 0.524. The lowest BCUT2D eigenvalue weighted by atomic mass is 9.83. The molecule has 7 heteroatoms. The van der Waals surface area contributed by atoms with E-state index >= 15 is 0 Å². The molecule has 2 aromatic rings. The SMILES string of the molecule is CCc1ocnc1C(=O)N1CC[C@@H]2[C@@H](CCC(=O)N2CCc2ccccn2)C1. The Hall–Kier alpha value is -2.70. The van der Waals surface area contributed by atoms with E-state index in [-0.39, 0.29) is 17.9 Å². The molecule has 2 fully saturated rings. The number of carbonyl (C=O) groups excluding carboxylic acids is 2. The summed E-state index contributed by atoms with van der Waals surface area (Å²) in [6.45, 7) is 3.96. The molecule has 2 atom stereocenters. The van der Waals surface area contributed by atoms with E-state index in [9.17, 15) is 9.59 Å². The van der Waals surface area contributed by atoms with Crippen molar-refractivity contribution in [1.82, 2.24) is 19.8 Å². The molecule has 7 nitrogen and oxygen atoms in total. The first-order valence-corrected chi connectivity index (χ1v) is 10.1. The molecule has 28 heavy (non-hydrogen) atoms. The van der Waals surface area contributed by atoms with Crippen LogP contribution in [0.2, 0.25) is 0 Å². The number of nitrogens with zero attached hydrogens (tertiary/aromatic N) is 4. The molecule has 0 unspecified atom stereocenters. The van der Waals surface area contributed by atoms with Crippen LogP contribution in [0.4, 0.5) is 0 Å². The van der Waals surface area contributed by atoms with Crippen molar-refractivity contribution in [2.75, 3.05) is 19.6 Å². The minimum absolute atomic E-state index is 0.0546. The van der Waals surface area contributed by atoms with E-state index in [4.69, 9.17) is 4.42 Å². The van der Waals surface area contributed by atoms with Gasteiger partial charge < -0.3 is 14.2 Å². The highest BCUT2D eigenvalue weighted by molar-refractivity contribution is 5.93. The Morgan fingerprint density at radius 1 is 1.29 bits per heavy atom. The second-order valence-electron chi connectivity index (χ2n) is 7.54. The standard InChI is InChI=1S/C21H26N4O3/c1-2-18-20(23-14-28-18)21(27)24-11-9-17-15(13-24)6-7-19(26)25(17)12-8-16-5-3-4-10-22-16/h3-5,10,14-15,17H,2,6-9,11-13H2,1H3/t15-,17+/m0/s1. The van der Waals surface area contributed by atoms with Gasteiger partial charge in [0.05, 0.1) is 0 Å². The largest absolute Gasteiger partial charge is 0.448 e. The third-order valence-electron chi connectivity index (χ3n) is 5.93. The lowest BCUT2D eigenvalue weighted by Gasteiger charge is -2.47. The van der Waals surface area contributed by atoms with Gasteiger partial charge in [-0.25, -0.2) is 4.98 Å². The van der Waals surface area contributed by atoms with Crippen LogP contribution < -0.4 is 0 Å². The number of pyridine rings is 1. The number of oxazole rings is 1. The lowest BCUT2D eigenvalue weighted by molar-refractivity contribution is -0.140. The lowest BCUT2D eigenvalue weighted by Crippen LogP contribution is -2.57. The highest BCUT2D eigenvalue weighted by atomic mass is 16.3. The smallest absolute Gasteiger partial charge is 0.276 e. The molecule has 2 saturated heterocycles. The molecule has 0 spiro atoms. The van der Waals surface area contributed by atoms with E-state index < -0.39 is 0 Å². The maximum atomic E-state index is 12.9. The van der Waals surface area contributed by atoms with Crippen LogP contribution in [0.1, 0.15) is 48.1 Å². The molecule has 0 N–H and O–H groups in total. The third kappa shape index (κ3) is 3.66. The number of carbonyl (C=O) groups is 2. The number of aromatic nitrogens is 2. The Labute approximate surface area is 164 Å². The van der Waals surface area contributed by atoms with E-state index in [0.717, 1.165) is 25.0 Å². The number of rotatable bonds is 5. The molecule has 0 radical (unpaired) electrons. The number of hydrogen-bond acceptors (Lipinski definition) is 5. The summed E-state index contributed by atoms with van der Waals surface area (Å²) in [5.41, 5.74) is 1.43. The fourth-order valence-electron chi connectivity index (χ4n) is 4.45. The summed E-state index contributed by atoms with van der Waals surface area (Å²) in [6.07, 6.45) is 6.74. The summed E-state index contributed by atoms with van der Waals surface area (Å²) in [6, 6.07) is 6.08. The van der Waals surface area contributed by atoms with Crippen molar-refractivity contribution in [2.45, 2.75) is 45.1 Å². The average molecular weight is 382 g/mol. The quantitative estimate of drug-likeness (QED) is 0.793. The van der Waals surface area contributed by atoms with Gasteiger partial charge in [-0.2, -0.15) is 0 Å². The van der Waals surface area contributed by atoms with Crippen molar-refractivity contribution in [3.63, 3.8) is 0 Å². The Morgan fingerprint density at radius 3 is 2.96 bits per heavy atom. The van der Waals surface area contributed by atoms with Crippen molar-refractivity contribution in [1.29, 1.82) is 0 Å². The summed E-state index contributed by atoms with van der Waals surface area (Å²) in [5, 5.41) is 0. The monoisotopic (exact) mass is 382 g/mol. The van der Waals surface area contributed by atoms with Crippen molar-refractivity contribution in [3.8, 4) is 0 Å². The minimum atomic E-state index is -0.0546. The Bertz CT molecular complexity index is 835. The summed E-state index contributed by atoms with van der Waals surface area (Å²) >= 11 is 0. The minimum Gasteiger partial charge on any atom is -0.448 e. The molecule has 148 valence electrons. The van der Waals surface area contributed by atoms with Gasteiger partial charge in [0.15, 0.2) is 12.1 Å². The van der Waals surface area contributed by atoms with Crippen molar-refractivity contribution in [3.05, 3.63) is 47.9 Å². The highest BCUT2D eigenvalue weighted by Crippen LogP contribution is 2.32. The van der Waals surface area contributed by atoms with Crippen LogP contribution in [0.25, 0.3) is 0 Å². The highest BCUT2D eigenvalue weighted by Gasteiger charge is 2.40. The van der Waals surface area contributed by atoms with E-state index in [1.807, 2.05) is 34.9 Å². The van der Waals surface area contributed by atoms with Crippen LogP contribution >= 0.6 is 0 Å². The van der Waals surface area contributed by atoms with Crippen LogP contribution in [0.5, 0.6) is 0 Å². The number of hydrogen-bond donors (Lipinski definition) is 0. The second kappa shape index (κ2) is 8.12. The first-order chi connectivity index (χ1) is 13.7. The third-order valence-corrected chi connectivity index (χ3v) is 5.93. The number of piperidine rings is 2. The molecule has 0 aromatic carbocycles. The fourth-order valence-corrected chi connectivity index (χ4v) is 4.45. The van der Waals surface area contributed by atoms with E-state index in [1.165, 1.54) is 6.39 Å². The van der Waals surface area contributed by atoms with E-state index in [1.54, 1.807) is 6.20 Å². The topological polar surface area (TPSA) is 79.5 Å². The van der Waals surface area contributed by atoms with Crippen LogP contribution in [0.15, 0.2) is 35.2 Å². The molecular weight excluding hydrogens is 356 g/mol. The van der Waals surface area contributed by atoms with Gasteiger partial charge in [-0.15, -0.1) is 0 Å². The summed E-state index contributed by atoms with van der Waals surface area (Å²) in [5.74, 6) is 1.13. The van der Waals surface area contributed by atoms with Gasteiger partial charge in [0.1, 0.15) is 5.76 Å². The van der Waals surface area contributed by atoms with Crippen molar-refractivity contribution < 1.29 is 14.0 Å². The number of amides is 2.